The fraction of sp³-hybridized carbons (Fsp3) is 0.0435. The van der Waals surface area contributed by atoms with Gasteiger partial charge < -0.3 is 9.88 Å². The van der Waals surface area contributed by atoms with Crippen LogP contribution in [-0.4, -0.2) is 4.57 Å². The third-order valence-corrected chi connectivity index (χ3v) is 9.65. The molecule has 9 rings (SSSR count). The summed E-state index contributed by atoms with van der Waals surface area (Å²) in [6.45, 7) is 0. The van der Waals surface area contributed by atoms with Crippen LogP contribution < -0.4 is 10.6 Å². The second kappa shape index (κ2) is 12.5. The molecule has 0 aliphatic carbocycles. The molecule has 0 amide bonds. The minimum atomic E-state index is -0.126. The smallest absolute Gasteiger partial charge is 0.104 e. The lowest BCUT2D eigenvalue weighted by Gasteiger charge is -2.33. The highest BCUT2D eigenvalue weighted by atomic mass is 15.2. The molecule has 3 nitrogen and oxygen atoms in total. The Morgan fingerprint density at radius 2 is 0.939 bits per heavy atom. The van der Waals surface area contributed by atoms with Crippen LogP contribution in [0.1, 0.15) is 28.9 Å². The number of benzene rings is 7. The van der Waals surface area contributed by atoms with E-state index in [9.17, 15) is 0 Å². The average Bonchev–Trinajstić information content (AvgIpc) is 3.53. The van der Waals surface area contributed by atoms with E-state index in [-0.39, 0.29) is 12.2 Å². The van der Waals surface area contributed by atoms with Crippen molar-refractivity contribution in [3.05, 3.63) is 205 Å². The van der Waals surface area contributed by atoms with Crippen molar-refractivity contribution in [3.8, 4) is 27.9 Å². The predicted molar refractivity (Wildman–Crippen MR) is 204 cm³/mol. The van der Waals surface area contributed by atoms with Crippen molar-refractivity contribution in [2.75, 3.05) is 0 Å². The molecule has 0 fully saturated rings. The highest BCUT2D eigenvalue weighted by molar-refractivity contribution is 6.09. The van der Waals surface area contributed by atoms with E-state index in [0.29, 0.717) is 0 Å². The quantitative estimate of drug-likeness (QED) is 0.192. The van der Waals surface area contributed by atoms with Gasteiger partial charge in [-0.15, -0.1) is 0 Å². The Labute approximate surface area is 286 Å². The van der Waals surface area contributed by atoms with E-state index in [1.54, 1.807) is 0 Å². The van der Waals surface area contributed by atoms with Gasteiger partial charge in [-0.05, 0) is 81.4 Å². The van der Waals surface area contributed by atoms with E-state index >= 15 is 0 Å². The maximum absolute atomic E-state index is 3.96. The molecule has 2 unspecified atom stereocenters. The zero-order chi connectivity index (χ0) is 32.6. The number of aromatic nitrogens is 1. The van der Waals surface area contributed by atoms with Gasteiger partial charge in [0.1, 0.15) is 6.17 Å². The summed E-state index contributed by atoms with van der Waals surface area (Å²) in [5.74, 6) is 0. The molecule has 1 aliphatic rings. The number of rotatable bonds is 6. The van der Waals surface area contributed by atoms with Gasteiger partial charge in [-0.1, -0.05) is 146 Å². The average molecular weight is 630 g/mol. The van der Waals surface area contributed by atoms with Gasteiger partial charge in [-0.25, -0.2) is 0 Å². The highest BCUT2D eigenvalue weighted by Gasteiger charge is 2.25. The molecule has 0 radical (unpaired) electrons. The third kappa shape index (κ3) is 5.50. The van der Waals surface area contributed by atoms with Crippen molar-refractivity contribution in [3.63, 3.8) is 0 Å². The molecule has 2 atom stereocenters. The Kier molecular flexibility index (Phi) is 7.38. The summed E-state index contributed by atoms with van der Waals surface area (Å²) in [6.07, 6.45) is 2.21. The molecule has 2 heterocycles. The van der Waals surface area contributed by atoms with Gasteiger partial charge in [0.15, 0.2) is 0 Å². The van der Waals surface area contributed by atoms with Crippen molar-refractivity contribution in [2.24, 2.45) is 0 Å². The number of hydrogen-bond acceptors (Lipinski definition) is 2. The first-order valence-electron chi connectivity index (χ1n) is 16.9. The van der Waals surface area contributed by atoms with E-state index in [2.05, 4.69) is 203 Å². The number of nitrogens with one attached hydrogen (secondary N) is 2. The van der Waals surface area contributed by atoms with Crippen molar-refractivity contribution < 1.29 is 0 Å². The molecule has 0 spiro atoms. The zero-order valence-corrected chi connectivity index (χ0v) is 27.0. The lowest BCUT2D eigenvalue weighted by molar-refractivity contribution is 0.442. The molecule has 0 saturated carbocycles. The summed E-state index contributed by atoms with van der Waals surface area (Å²) >= 11 is 0. The van der Waals surface area contributed by atoms with Crippen LogP contribution in [0.15, 0.2) is 188 Å². The van der Waals surface area contributed by atoms with E-state index in [1.165, 1.54) is 55.2 Å². The van der Waals surface area contributed by atoms with Crippen LogP contribution in [0.2, 0.25) is 0 Å². The predicted octanol–water partition coefficient (Wildman–Crippen LogP) is 11.1. The molecule has 3 heteroatoms. The molecule has 0 saturated heterocycles. The van der Waals surface area contributed by atoms with Gasteiger partial charge >= 0.3 is 0 Å². The minimum absolute atomic E-state index is 0.0119. The highest BCUT2D eigenvalue weighted by Crippen LogP contribution is 2.35. The normalized spacial score (nSPS) is 16.0. The Morgan fingerprint density at radius 3 is 1.63 bits per heavy atom. The second-order valence-corrected chi connectivity index (χ2v) is 12.7. The minimum Gasteiger partial charge on any atom is -0.366 e. The van der Waals surface area contributed by atoms with Gasteiger partial charge in [0, 0.05) is 22.2 Å². The summed E-state index contributed by atoms with van der Waals surface area (Å²) in [5, 5.41) is 10.4. The third-order valence-electron chi connectivity index (χ3n) is 9.65. The topological polar surface area (TPSA) is 29.0 Å². The van der Waals surface area contributed by atoms with E-state index in [1.807, 2.05) is 0 Å². The second-order valence-electron chi connectivity index (χ2n) is 12.7. The van der Waals surface area contributed by atoms with E-state index in [0.717, 1.165) is 16.9 Å². The number of hydrogen-bond donors (Lipinski definition) is 2. The molecule has 1 aliphatic heterocycles. The van der Waals surface area contributed by atoms with Crippen LogP contribution in [0.5, 0.6) is 0 Å². The van der Waals surface area contributed by atoms with Crippen LogP contribution in [-0.2, 0) is 0 Å². The molecule has 2 N–H and O–H groups in total. The first-order valence-corrected chi connectivity index (χ1v) is 16.9. The number of fused-ring (bicyclic) bond motifs is 3. The fourth-order valence-electron chi connectivity index (χ4n) is 7.27. The van der Waals surface area contributed by atoms with Crippen LogP contribution >= 0.6 is 0 Å². The van der Waals surface area contributed by atoms with Gasteiger partial charge in [0.05, 0.1) is 17.1 Å². The van der Waals surface area contributed by atoms with Gasteiger partial charge in [-0.3, -0.25) is 5.32 Å². The van der Waals surface area contributed by atoms with E-state index < -0.39 is 0 Å². The maximum atomic E-state index is 3.96. The summed E-state index contributed by atoms with van der Waals surface area (Å²) in [4.78, 5) is 0. The number of para-hydroxylation sites is 2. The van der Waals surface area contributed by atoms with Gasteiger partial charge in [0.25, 0.3) is 0 Å². The van der Waals surface area contributed by atoms with E-state index in [4.69, 9.17) is 0 Å². The summed E-state index contributed by atoms with van der Waals surface area (Å²) in [6, 6.07) is 65.3. The Hall–Kier alpha value is -6.16. The summed E-state index contributed by atoms with van der Waals surface area (Å²) in [7, 11) is 0. The van der Waals surface area contributed by atoms with Crippen LogP contribution in [0.4, 0.5) is 0 Å². The van der Waals surface area contributed by atoms with Gasteiger partial charge in [-0.2, -0.15) is 0 Å². The summed E-state index contributed by atoms with van der Waals surface area (Å²) < 4.78 is 2.39. The first-order chi connectivity index (χ1) is 24.3. The standard InChI is InChI=1S/C46H35N3/c1-3-14-32(15-4-1)34-18-11-20-36(28-34)42-31-43(37-21-12-19-35(29-37)33-16-5-2-6-17-33)48-46(47-42)38-22-13-23-39(30-38)49-44-26-9-7-24-40(44)41-25-8-10-27-45(41)49/h1-31,42,46-48H. The lowest BCUT2D eigenvalue weighted by atomic mass is 9.94. The first kappa shape index (κ1) is 29.0. The molecule has 7 aromatic carbocycles. The van der Waals surface area contributed by atoms with Crippen LogP contribution in [0.3, 0.4) is 0 Å². The van der Waals surface area contributed by atoms with Crippen molar-refractivity contribution in [2.45, 2.75) is 12.2 Å². The fourth-order valence-corrected chi connectivity index (χ4v) is 7.27. The molecule has 0 bridgehead atoms. The largest absolute Gasteiger partial charge is 0.366 e. The Balaban J connectivity index is 1.15. The molecule has 49 heavy (non-hydrogen) atoms. The monoisotopic (exact) mass is 629 g/mol. The van der Waals surface area contributed by atoms with Crippen molar-refractivity contribution in [1.82, 2.24) is 15.2 Å². The van der Waals surface area contributed by atoms with Crippen molar-refractivity contribution in [1.29, 1.82) is 0 Å². The maximum Gasteiger partial charge on any atom is 0.104 e. The molecular weight excluding hydrogens is 595 g/mol. The Bertz CT molecular complexity index is 2400. The van der Waals surface area contributed by atoms with Crippen LogP contribution in [0.25, 0.3) is 55.4 Å². The Morgan fingerprint density at radius 1 is 0.408 bits per heavy atom. The summed E-state index contributed by atoms with van der Waals surface area (Å²) in [5.41, 5.74) is 13.1. The van der Waals surface area contributed by atoms with Crippen molar-refractivity contribution >= 4 is 27.5 Å². The molecule has 1 aromatic heterocycles. The molecule has 8 aromatic rings. The lowest BCUT2D eigenvalue weighted by Crippen LogP contribution is -2.39. The van der Waals surface area contributed by atoms with Gasteiger partial charge in [0.2, 0.25) is 0 Å². The molecule has 234 valence electrons. The zero-order valence-electron chi connectivity index (χ0n) is 27.0. The molecular formula is C46H35N3. The number of nitrogens with zero attached hydrogens (tertiary/aromatic N) is 1. The SMILES string of the molecule is C1=C(c2cccc(-c3ccccc3)c2)NC(c2cccc(-n3c4ccccc4c4ccccc43)c2)NC1c1cccc(-c2ccccc2)c1. The van der Waals surface area contributed by atoms with Crippen LogP contribution in [0, 0.1) is 0 Å².